The lowest BCUT2D eigenvalue weighted by molar-refractivity contribution is -0.115. The van der Waals surface area contributed by atoms with E-state index in [-0.39, 0.29) is 11.8 Å². The average Bonchev–Trinajstić information content (AvgIpc) is 3.43. The van der Waals surface area contributed by atoms with Crippen LogP contribution in [0.2, 0.25) is 0 Å². The fourth-order valence-electron chi connectivity index (χ4n) is 4.12. The molecular weight excluding hydrogens is 368 g/mol. The number of aromatic nitrogens is 1. The Hall–Kier alpha value is -2.67. The Kier molecular flexibility index (Phi) is 5.41. The quantitative estimate of drug-likeness (QED) is 0.812. The number of carbonyl (C=O) groups excluding carboxylic acids is 1. The first-order valence-electron chi connectivity index (χ1n) is 10.2. The molecule has 7 heteroatoms. The first-order valence-corrected chi connectivity index (χ1v) is 10.2. The lowest BCUT2D eigenvalue weighted by atomic mass is 9.96. The van der Waals surface area contributed by atoms with Gasteiger partial charge in [0.05, 0.1) is 5.69 Å². The van der Waals surface area contributed by atoms with Gasteiger partial charge in [-0.05, 0) is 25.3 Å². The van der Waals surface area contributed by atoms with E-state index in [1.54, 1.807) is 0 Å². The van der Waals surface area contributed by atoms with E-state index in [1.807, 2.05) is 32.0 Å². The summed E-state index contributed by atoms with van der Waals surface area (Å²) < 4.78 is 5.27. The third-order valence-electron chi connectivity index (χ3n) is 6.00. The van der Waals surface area contributed by atoms with Crippen LogP contribution < -0.4 is 5.32 Å². The standard InChI is InChI=1S/C22H28N4O3/c1-15(18-7-5-4-6-8-18)12-23-21(27)20-11-22(29-25-20)9-10-26(14-22)13-19-16(2)24-28-17(19)3/h4-8,15H,9-14H2,1-3H3,(H,23,27)/t15-,22+/m0/s1. The molecule has 0 saturated carbocycles. The highest BCUT2D eigenvalue weighted by Gasteiger charge is 2.46. The van der Waals surface area contributed by atoms with Crippen LogP contribution in [0, 0.1) is 13.8 Å². The predicted molar refractivity (Wildman–Crippen MR) is 110 cm³/mol. The molecule has 0 aliphatic carbocycles. The highest BCUT2D eigenvalue weighted by molar-refractivity contribution is 6.39. The second-order valence-electron chi connectivity index (χ2n) is 8.27. The molecule has 2 atom stereocenters. The number of likely N-dealkylation sites (tertiary alicyclic amines) is 1. The van der Waals surface area contributed by atoms with Crippen molar-refractivity contribution < 1.29 is 14.2 Å². The number of oxime groups is 1. The van der Waals surface area contributed by atoms with Crippen LogP contribution in [0.4, 0.5) is 0 Å². The molecule has 2 aliphatic rings. The number of hydrogen-bond donors (Lipinski definition) is 1. The van der Waals surface area contributed by atoms with Gasteiger partial charge in [0.2, 0.25) is 0 Å². The Bertz CT molecular complexity index is 889. The van der Waals surface area contributed by atoms with E-state index in [0.717, 1.165) is 43.1 Å². The molecule has 4 rings (SSSR count). The molecular formula is C22H28N4O3. The van der Waals surface area contributed by atoms with Crippen molar-refractivity contribution in [1.82, 2.24) is 15.4 Å². The van der Waals surface area contributed by atoms with Gasteiger partial charge in [-0.25, -0.2) is 0 Å². The van der Waals surface area contributed by atoms with Gasteiger partial charge in [0, 0.05) is 44.6 Å². The van der Waals surface area contributed by atoms with E-state index in [1.165, 1.54) is 5.56 Å². The molecule has 1 spiro atoms. The van der Waals surface area contributed by atoms with Gasteiger partial charge >= 0.3 is 0 Å². The number of hydrogen-bond acceptors (Lipinski definition) is 6. The highest BCUT2D eigenvalue weighted by Crippen LogP contribution is 2.35. The Morgan fingerprint density at radius 2 is 2.10 bits per heavy atom. The number of benzene rings is 1. The van der Waals surface area contributed by atoms with Crippen molar-refractivity contribution in [3.63, 3.8) is 0 Å². The molecule has 1 amide bonds. The monoisotopic (exact) mass is 396 g/mol. The van der Waals surface area contributed by atoms with Crippen LogP contribution in [0.15, 0.2) is 40.0 Å². The summed E-state index contributed by atoms with van der Waals surface area (Å²) in [7, 11) is 0. The summed E-state index contributed by atoms with van der Waals surface area (Å²) in [6.45, 7) is 9.02. The van der Waals surface area contributed by atoms with Crippen LogP contribution in [0.3, 0.4) is 0 Å². The Morgan fingerprint density at radius 3 is 2.83 bits per heavy atom. The van der Waals surface area contributed by atoms with Crippen molar-refractivity contribution in [2.45, 2.75) is 51.7 Å². The van der Waals surface area contributed by atoms with Crippen LogP contribution in [-0.2, 0) is 16.2 Å². The molecule has 29 heavy (non-hydrogen) atoms. The van der Waals surface area contributed by atoms with Crippen molar-refractivity contribution in [1.29, 1.82) is 0 Å². The minimum atomic E-state index is -0.392. The molecule has 7 nitrogen and oxygen atoms in total. The van der Waals surface area contributed by atoms with Crippen LogP contribution in [-0.4, -0.2) is 46.9 Å². The summed E-state index contributed by atoms with van der Waals surface area (Å²) in [5.41, 5.74) is 3.37. The topological polar surface area (TPSA) is 80.0 Å². The molecule has 3 heterocycles. The van der Waals surface area contributed by atoms with E-state index >= 15 is 0 Å². The molecule has 0 unspecified atom stereocenters. The highest BCUT2D eigenvalue weighted by atomic mass is 16.7. The first kappa shape index (κ1) is 19.6. The maximum atomic E-state index is 12.6. The molecule has 1 N–H and O–H groups in total. The Balaban J connectivity index is 1.29. The molecule has 0 radical (unpaired) electrons. The molecule has 1 aromatic heterocycles. The van der Waals surface area contributed by atoms with Gasteiger partial charge < -0.3 is 14.7 Å². The van der Waals surface area contributed by atoms with Crippen molar-refractivity contribution in [2.75, 3.05) is 19.6 Å². The van der Waals surface area contributed by atoms with Crippen molar-refractivity contribution in [3.05, 3.63) is 52.9 Å². The smallest absolute Gasteiger partial charge is 0.269 e. The van der Waals surface area contributed by atoms with E-state index < -0.39 is 5.60 Å². The predicted octanol–water partition coefficient (Wildman–Crippen LogP) is 2.93. The largest absolute Gasteiger partial charge is 0.387 e. The van der Waals surface area contributed by atoms with E-state index in [2.05, 4.69) is 39.6 Å². The normalized spacial score (nSPS) is 22.5. The number of nitrogens with zero attached hydrogens (tertiary/aromatic N) is 3. The van der Waals surface area contributed by atoms with Gasteiger partial charge in [0.25, 0.3) is 5.91 Å². The number of rotatable bonds is 6. The molecule has 1 fully saturated rings. The van der Waals surface area contributed by atoms with Gasteiger partial charge in [0.15, 0.2) is 5.60 Å². The van der Waals surface area contributed by atoms with Crippen LogP contribution in [0.25, 0.3) is 0 Å². The lowest BCUT2D eigenvalue weighted by Crippen LogP contribution is -2.37. The molecule has 2 aliphatic heterocycles. The Labute approximate surface area is 171 Å². The maximum absolute atomic E-state index is 12.6. The summed E-state index contributed by atoms with van der Waals surface area (Å²) in [4.78, 5) is 20.7. The van der Waals surface area contributed by atoms with Crippen LogP contribution >= 0.6 is 0 Å². The zero-order chi connectivity index (χ0) is 20.4. The summed E-state index contributed by atoms with van der Waals surface area (Å²) in [5, 5.41) is 11.2. The third-order valence-corrected chi connectivity index (χ3v) is 6.00. The molecule has 2 aromatic rings. The van der Waals surface area contributed by atoms with E-state index in [0.29, 0.717) is 18.7 Å². The lowest BCUT2D eigenvalue weighted by Gasteiger charge is -2.21. The van der Waals surface area contributed by atoms with Crippen molar-refractivity contribution in [3.8, 4) is 0 Å². The van der Waals surface area contributed by atoms with Gasteiger partial charge in [-0.1, -0.05) is 47.6 Å². The van der Waals surface area contributed by atoms with Gasteiger partial charge in [-0.15, -0.1) is 0 Å². The number of aryl methyl sites for hydroxylation is 2. The van der Waals surface area contributed by atoms with Crippen LogP contribution in [0.1, 0.15) is 48.3 Å². The molecule has 1 aromatic carbocycles. The average molecular weight is 396 g/mol. The van der Waals surface area contributed by atoms with Gasteiger partial charge in [-0.3, -0.25) is 9.69 Å². The fourth-order valence-corrected chi connectivity index (χ4v) is 4.12. The number of amides is 1. The zero-order valence-electron chi connectivity index (χ0n) is 17.3. The van der Waals surface area contributed by atoms with Gasteiger partial charge in [0.1, 0.15) is 11.5 Å². The molecule has 0 bridgehead atoms. The molecule has 154 valence electrons. The van der Waals surface area contributed by atoms with Crippen LogP contribution in [0.5, 0.6) is 0 Å². The third kappa shape index (κ3) is 4.19. The van der Waals surface area contributed by atoms with E-state index in [4.69, 9.17) is 9.36 Å². The SMILES string of the molecule is Cc1noc(C)c1CN1CC[C@@]2(CC(C(=O)NC[C@H](C)c3ccccc3)=NO2)C1. The maximum Gasteiger partial charge on any atom is 0.269 e. The minimum absolute atomic E-state index is 0.131. The van der Waals surface area contributed by atoms with E-state index in [9.17, 15) is 4.79 Å². The number of carbonyl (C=O) groups is 1. The zero-order valence-corrected chi connectivity index (χ0v) is 17.3. The van der Waals surface area contributed by atoms with Crippen molar-refractivity contribution >= 4 is 11.6 Å². The minimum Gasteiger partial charge on any atom is -0.387 e. The second-order valence-corrected chi connectivity index (χ2v) is 8.27. The second kappa shape index (κ2) is 7.99. The number of nitrogens with one attached hydrogen (secondary N) is 1. The summed E-state index contributed by atoms with van der Waals surface area (Å²) in [5.74, 6) is 0.975. The Morgan fingerprint density at radius 1 is 1.31 bits per heavy atom. The first-order chi connectivity index (χ1) is 14.0. The fraction of sp³-hybridized carbons (Fsp3) is 0.500. The summed E-state index contributed by atoms with van der Waals surface area (Å²) >= 11 is 0. The summed E-state index contributed by atoms with van der Waals surface area (Å²) in [6, 6.07) is 10.2. The molecule has 1 saturated heterocycles. The van der Waals surface area contributed by atoms with Gasteiger partial charge in [-0.2, -0.15) is 0 Å². The van der Waals surface area contributed by atoms with Crippen molar-refractivity contribution in [2.24, 2.45) is 5.16 Å². The summed E-state index contributed by atoms with van der Waals surface area (Å²) in [6.07, 6.45) is 1.41.